The molecule has 0 spiro atoms. The van der Waals surface area contributed by atoms with Gasteiger partial charge in [0.05, 0.1) is 6.04 Å². The van der Waals surface area contributed by atoms with Gasteiger partial charge in [-0.05, 0) is 45.6 Å². The van der Waals surface area contributed by atoms with Gasteiger partial charge in [0.1, 0.15) is 5.60 Å². The molecule has 1 aromatic carbocycles. The monoisotopic (exact) mass is 346 g/mol. The summed E-state index contributed by atoms with van der Waals surface area (Å²) in [5.74, 6) is -1.09. The topological polar surface area (TPSA) is 89.7 Å². The summed E-state index contributed by atoms with van der Waals surface area (Å²) >= 11 is 0. The molecular formula is C19H26N2O4. The Morgan fingerprint density at radius 1 is 1.32 bits per heavy atom. The highest BCUT2D eigenvalue weighted by Gasteiger charge is 2.52. The molecule has 0 saturated carbocycles. The average Bonchev–Trinajstić information content (AvgIpc) is 2.98. The maximum absolute atomic E-state index is 12.8. The normalized spacial score (nSPS) is 21.7. The maximum Gasteiger partial charge on any atom is 0.340 e. The van der Waals surface area contributed by atoms with E-state index in [1.165, 1.54) is 4.90 Å². The molecule has 25 heavy (non-hydrogen) atoms. The van der Waals surface area contributed by atoms with Crippen LogP contribution in [0.2, 0.25) is 0 Å². The lowest BCUT2D eigenvalue weighted by molar-refractivity contribution is -0.172. The molecule has 0 aliphatic carbocycles. The van der Waals surface area contributed by atoms with Crippen LogP contribution < -0.4 is 5.73 Å². The van der Waals surface area contributed by atoms with E-state index in [1.54, 1.807) is 20.8 Å². The van der Waals surface area contributed by atoms with E-state index in [4.69, 9.17) is 10.5 Å². The highest BCUT2D eigenvalue weighted by Crippen LogP contribution is 2.31. The van der Waals surface area contributed by atoms with Gasteiger partial charge in [-0.25, -0.2) is 4.79 Å². The Morgan fingerprint density at radius 2 is 1.96 bits per heavy atom. The number of ether oxygens (including phenoxy) is 1. The van der Waals surface area contributed by atoms with Crippen molar-refractivity contribution in [3.63, 3.8) is 0 Å². The van der Waals surface area contributed by atoms with Crippen LogP contribution >= 0.6 is 0 Å². The minimum absolute atomic E-state index is 0.259. The number of likely N-dealkylation sites (tertiary alicyclic amines) is 1. The SMILES string of the molecule is CC(C)(C)OC(=O)[C@@]1(C=O)CCCN1C(=O)[C@@H](N)Cc1ccccc1. The highest BCUT2D eigenvalue weighted by atomic mass is 16.6. The maximum atomic E-state index is 12.8. The first-order valence-corrected chi connectivity index (χ1v) is 8.50. The van der Waals surface area contributed by atoms with Crippen LogP contribution in [0, 0.1) is 0 Å². The van der Waals surface area contributed by atoms with Gasteiger partial charge in [-0.1, -0.05) is 30.3 Å². The van der Waals surface area contributed by atoms with E-state index in [9.17, 15) is 14.4 Å². The van der Waals surface area contributed by atoms with E-state index in [2.05, 4.69) is 0 Å². The third kappa shape index (κ3) is 4.25. The van der Waals surface area contributed by atoms with Crippen LogP contribution in [0.4, 0.5) is 0 Å². The molecule has 1 aliphatic heterocycles. The number of rotatable bonds is 5. The molecule has 6 heteroatoms. The molecule has 136 valence electrons. The van der Waals surface area contributed by atoms with Gasteiger partial charge in [0, 0.05) is 6.54 Å². The predicted molar refractivity (Wildman–Crippen MR) is 93.7 cm³/mol. The summed E-state index contributed by atoms with van der Waals surface area (Å²) in [5.41, 5.74) is 4.69. The van der Waals surface area contributed by atoms with Crippen LogP contribution in [0.3, 0.4) is 0 Å². The molecule has 2 N–H and O–H groups in total. The Kier molecular flexibility index (Phi) is 5.62. The summed E-state index contributed by atoms with van der Waals surface area (Å²) < 4.78 is 5.39. The molecule has 1 amide bonds. The zero-order chi connectivity index (χ0) is 18.7. The molecule has 1 heterocycles. The molecule has 1 saturated heterocycles. The van der Waals surface area contributed by atoms with Crippen molar-refractivity contribution in [1.29, 1.82) is 0 Å². The molecule has 0 radical (unpaired) electrons. The first-order chi connectivity index (χ1) is 11.7. The quantitative estimate of drug-likeness (QED) is 0.495. The van der Waals surface area contributed by atoms with Crippen molar-refractivity contribution in [2.24, 2.45) is 5.73 Å². The van der Waals surface area contributed by atoms with Crippen molar-refractivity contribution < 1.29 is 19.1 Å². The van der Waals surface area contributed by atoms with Crippen molar-refractivity contribution in [3.8, 4) is 0 Å². The third-order valence-corrected chi connectivity index (χ3v) is 4.25. The molecule has 0 aromatic heterocycles. The summed E-state index contributed by atoms with van der Waals surface area (Å²) in [6.45, 7) is 5.50. The standard InChI is InChI=1S/C19H26N2O4/c1-18(2,3)25-17(24)19(13-22)10-7-11-21(19)16(23)15(20)12-14-8-5-4-6-9-14/h4-6,8-9,13,15H,7,10-12,20H2,1-3H3/t15-,19-/m0/s1. The Bertz CT molecular complexity index is 639. The van der Waals surface area contributed by atoms with Crippen molar-refractivity contribution >= 4 is 18.2 Å². The van der Waals surface area contributed by atoms with Crippen molar-refractivity contribution in [1.82, 2.24) is 4.90 Å². The third-order valence-electron chi connectivity index (χ3n) is 4.25. The number of benzene rings is 1. The van der Waals surface area contributed by atoms with Gasteiger partial charge in [-0.3, -0.25) is 4.79 Å². The van der Waals surface area contributed by atoms with Crippen LogP contribution in [-0.4, -0.2) is 46.8 Å². The molecule has 6 nitrogen and oxygen atoms in total. The zero-order valence-electron chi connectivity index (χ0n) is 15.0. The molecule has 0 bridgehead atoms. The number of carbonyl (C=O) groups is 3. The number of hydrogen-bond donors (Lipinski definition) is 1. The number of aldehydes is 1. The van der Waals surface area contributed by atoms with Gasteiger partial charge in [0.25, 0.3) is 0 Å². The fourth-order valence-electron chi connectivity index (χ4n) is 3.05. The second-order valence-electron chi connectivity index (χ2n) is 7.43. The summed E-state index contributed by atoms with van der Waals surface area (Å²) in [7, 11) is 0. The first-order valence-electron chi connectivity index (χ1n) is 8.50. The van der Waals surface area contributed by atoms with E-state index in [-0.39, 0.29) is 6.42 Å². The Morgan fingerprint density at radius 3 is 2.52 bits per heavy atom. The van der Waals surface area contributed by atoms with Gasteiger partial charge < -0.3 is 20.2 Å². The average molecular weight is 346 g/mol. The van der Waals surface area contributed by atoms with Gasteiger partial charge in [-0.15, -0.1) is 0 Å². The summed E-state index contributed by atoms with van der Waals surface area (Å²) in [5, 5.41) is 0. The number of nitrogens with two attached hydrogens (primary N) is 1. The van der Waals surface area contributed by atoms with E-state index >= 15 is 0 Å². The molecule has 0 unspecified atom stereocenters. The van der Waals surface area contributed by atoms with Crippen LogP contribution in [0.5, 0.6) is 0 Å². The molecular weight excluding hydrogens is 320 g/mol. The number of hydrogen-bond acceptors (Lipinski definition) is 5. The van der Waals surface area contributed by atoms with Crippen molar-refractivity contribution in [3.05, 3.63) is 35.9 Å². The van der Waals surface area contributed by atoms with Crippen LogP contribution in [0.25, 0.3) is 0 Å². The Hall–Kier alpha value is -2.21. The lowest BCUT2D eigenvalue weighted by Gasteiger charge is -2.35. The molecule has 1 aromatic rings. The van der Waals surface area contributed by atoms with Gasteiger partial charge in [0.15, 0.2) is 11.8 Å². The minimum atomic E-state index is -1.57. The number of nitrogens with zero attached hydrogens (tertiary/aromatic N) is 1. The van der Waals surface area contributed by atoms with Gasteiger partial charge in [-0.2, -0.15) is 0 Å². The van der Waals surface area contributed by atoms with Crippen molar-refractivity contribution in [2.75, 3.05) is 6.54 Å². The number of amides is 1. The van der Waals surface area contributed by atoms with E-state index in [0.717, 1.165) is 5.56 Å². The Balaban J connectivity index is 2.19. The largest absolute Gasteiger partial charge is 0.458 e. The van der Waals surface area contributed by atoms with Crippen LogP contribution in [0.1, 0.15) is 39.2 Å². The second-order valence-corrected chi connectivity index (χ2v) is 7.43. The Labute approximate surface area is 148 Å². The highest BCUT2D eigenvalue weighted by molar-refractivity contribution is 6.03. The minimum Gasteiger partial charge on any atom is -0.458 e. The zero-order valence-corrected chi connectivity index (χ0v) is 15.0. The first kappa shape index (κ1) is 19.1. The van der Waals surface area contributed by atoms with Crippen molar-refractivity contribution in [2.45, 2.75) is 57.2 Å². The van der Waals surface area contributed by atoms with E-state index in [1.807, 2.05) is 30.3 Å². The van der Waals surface area contributed by atoms with Gasteiger partial charge in [0.2, 0.25) is 5.91 Å². The molecule has 2 atom stereocenters. The smallest absolute Gasteiger partial charge is 0.340 e. The van der Waals surface area contributed by atoms with Crippen LogP contribution in [-0.2, 0) is 25.5 Å². The molecule has 1 aliphatic rings. The van der Waals surface area contributed by atoms with E-state index in [0.29, 0.717) is 25.7 Å². The summed E-state index contributed by atoms with van der Waals surface area (Å²) in [6.07, 6.45) is 1.69. The lowest BCUT2D eigenvalue weighted by Crippen LogP contribution is -2.59. The van der Waals surface area contributed by atoms with E-state index < -0.39 is 29.1 Å². The predicted octanol–water partition coefficient (Wildman–Crippen LogP) is 1.46. The fraction of sp³-hybridized carbons (Fsp3) is 0.526. The fourth-order valence-corrected chi connectivity index (χ4v) is 3.05. The molecule has 2 rings (SSSR count). The summed E-state index contributed by atoms with van der Waals surface area (Å²) in [4.78, 5) is 38.6. The molecule has 1 fully saturated rings. The van der Waals surface area contributed by atoms with Crippen LogP contribution in [0.15, 0.2) is 30.3 Å². The number of esters is 1. The lowest BCUT2D eigenvalue weighted by atomic mass is 9.96. The van der Waals surface area contributed by atoms with Gasteiger partial charge >= 0.3 is 5.97 Å². The summed E-state index contributed by atoms with van der Waals surface area (Å²) in [6, 6.07) is 8.59. The second kappa shape index (κ2) is 7.35. The number of carbonyl (C=O) groups excluding carboxylic acids is 3.